The summed E-state index contributed by atoms with van der Waals surface area (Å²) in [4.78, 5) is 6.80. The van der Waals surface area contributed by atoms with Crippen molar-refractivity contribution >= 4 is 29.9 Å². The minimum absolute atomic E-state index is 0. The predicted molar refractivity (Wildman–Crippen MR) is 123 cm³/mol. The van der Waals surface area contributed by atoms with Crippen molar-refractivity contribution in [2.24, 2.45) is 4.99 Å². The number of likely N-dealkylation sites (N-methyl/N-ethyl adjacent to an activating group) is 1. The van der Waals surface area contributed by atoms with Crippen LogP contribution in [0.3, 0.4) is 0 Å². The Hall–Kier alpha value is -0.860. The number of aliphatic imine (C=N–C) groups is 1. The summed E-state index contributed by atoms with van der Waals surface area (Å²) in [6.07, 6.45) is 1.26. The molecule has 1 aromatic rings. The Morgan fingerprint density at radius 1 is 1.12 bits per heavy atom. The van der Waals surface area contributed by atoms with Crippen molar-refractivity contribution in [1.82, 2.24) is 15.5 Å². The first-order valence-electron chi connectivity index (χ1n) is 9.47. The molecule has 0 heterocycles. The van der Waals surface area contributed by atoms with E-state index < -0.39 is 0 Å². The molecular formula is C20H37IN4O. The van der Waals surface area contributed by atoms with Crippen molar-refractivity contribution in [3.8, 4) is 0 Å². The summed E-state index contributed by atoms with van der Waals surface area (Å²) in [7, 11) is 1.81. The average Bonchev–Trinajstić information content (AvgIpc) is 2.63. The van der Waals surface area contributed by atoms with Crippen molar-refractivity contribution in [2.75, 3.05) is 39.8 Å². The van der Waals surface area contributed by atoms with Gasteiger partial charge in [-0.15, -0.1) is 24.0 Å². The molecule has 0 aliphatic heterocycles. The fraction of sp³-hybridized carbons (Fsp3) is 0.650. The number of guanidine groups is 1. The first-order chi connectivity index (χ1) is 12.1. The van der Waals surface area contributed by atoms with E-state index in [0.717, 1.165) is 45.2 Å². The third kappa shape index (κ3) is 9.73. The number of ether oxygens (including phenoxy) is 1. The molecular weight excluding hydrogens is 439 g/mol. The van der Waals surface area contributed by atoms with E-state index in [9.17, 15) is 0 Å². The molecule has 0 bridgehead atoms. The lowest BCUT2D eigenvalue weighted by Gasteiger charge is -2.30. The molecule has 0 radical (unpaired) electrons. The van der Waals surface area contributed by atoms with E-state index in [1.165, 1.54) is 5.56 Å². The largest absolute Gasteiger partial charge is 0.379 e. The highest BCUT2D eigenvalue weighted by Crippen LogP contribution is 2.19. The van der Waals surface area contributed by atoms with E-state index in [1.54, 1.807) is 0 Å². The normalized spacial score (nSPS) is 12.8. The highest BCUT2D eigenvalue weighted by molar-refractivity contribution is 14.0. The maximum Gasteiger partial charge on any atom is 0.191 e. The van der Waals surface area contributed by atoms with Crippen LogP contribution in [0.1, 0.15) is 45.7 Å². The van der Waals surface area contributed by atoms with Gasteiger partial charge in [0.1, 0.15) is 0 Å². The fourth-order valence-electron chi connectivity index (χ4n) is 2.81. The van der Waals surface area contributed by atoms with Crippen LogP contribution < -0.4 is 10.6 Å². The molecule has 0 amide bonds. The van der Waals surface area contributed by atoms with E-state index in [-0.39, 0.29) is 30.1 Å². The Balaban J connectivity index is 0.00000625. The van der Waals surface area contributed by atoms with Crippen LogP contribution in [0.5, 0.6) is 0 Å². The summed E-state index contributed by atoms with van der Waals surface area (Å²) in [6, 6.07) is 11.0. The summed E-state index contributed by atoms with van der Waals surface area (Å²) in [6.45, 7) is 13.0. The summed E-state index contributed by atoms with van der Waals surface area (Å²) < 4.78 is 5.57. The van der Waals surface area contributed by atoms with E-state index >= 15 is 0 Å². The van der Waals surface area contributed by atoms with Crippen LogP contribution in [0.15, 0.2) is 35.3 Å². The topological polar surface area (TPSA) is 48.9 Å². The predicted octanol–water partition coefficient (Wildman–Crippen LogP) is 3.67. The van der Waals surface area contributed by atoms with Crippen LogP contribution in [0.4, 0.5) is 0 Å². The summed E-state index contributed by atoms with van der Waals surface area (Å²) >= 11 is 0. The van der Waals surface area contributed by atoms with Gasteiger partial charge in [0.05, 0.1) is 12.1 Å². The smallest absolute Gasteiger partial charge is 0.191 e. The van der Waals surface area contributed by atoms with E-state index in [1.807, 2.05) is 7.05 Å². The highest BCUT2D eigenvalue weighted by atomic mass is 127. The van der Waals surface area contributed by atoms with Crippen LogP contribution >= 0.6 is 24.0 Å². The Kier molecular flexibility index (Phi) is 14.7. The molecule has 150 valence electrons. The second-order valence-corrected chi connectivity index (χ2v) is 6.30. The maximum atomic E-state index is 5.57. The van der Waals surface area contributed by atoms with Crippen molar-refractivity contribution in [3.63, 3.8) is 0 Å². The molecule has 26 heavy (non-hydrogen) atoms. The molecule has 0 fully saturated rings. The SMILES string of the molecule is CCN(CC)C(CNC(=NC)NCCCOC(C)C)c1ccccc1.I. The van der Waals surface area contributed by atoms with Crippen LogP contribution in [-0.2, 0) is 4.74 Å². The van der Waals surface area contributed by atoms with Crippen molar-refractivity contribution in [2.45, 2.75) is 46.3 Å². The third-order valence-electron chi connectivity index (χ3n) is 4.19. The lowest BCUT2D eigenvalue weighted by atomic mass is 10.1. The van der Waals surface area contributed by atoms with Crippen LogP contribution in [-0.4, -0.2) is 56.8 Å². The standard InChI is InChI=1S/C20H36N4O.HI/c1-6-24(7-2)19(18-12-9-8-10-13-18)16-23-20(21-5)22-14-11-15-25-17(3)4;/h8-10,12-13,17,19H,6-7,11,14-16H2,1-5H3,(H2,21,22,23);1H. The zero-order valence-corrected chi connectivity index (χ0v) is 19.3. The zero-order valence-electron chi connectivity index (χ0n) is 17.0. The number of benzene rings is 1. The molecule has 6 heteroatoms. The van der Waals surface area contributed by atoms with Crippen LogP contribution in [0.2, 0.25) is 0 Å². The Bertz CT molecular complexity index is 478. The minimum Gasteiger partial charge on any atom is -0.379 e. The molecule has 1 atom stereocenters. The molecule has 5 nitrogen and oxygen atoms in total. The van der Waals surface area contributed by atoms with Gasteiger partial charge in [0, 0.05) is 26.7 Å². The van der Waals surface area contributed by atoms with Gasteiger partial charge in [0.15, 0.2) is 5.96 Å². The van der Waals surface area contributed by atoms with Gasteiger partial charge in [0.25, 0.3) is 0 Å². The lowest BCUT2D eigenvalue weighted by molar-refractivity contribution is 0.0776. The second kappa shape index (κ2) is 15.2. The van der Waals surface area contributed by atoms with Crippen molar-refractivity contribution in [3.05, 3.63) is 35.9 Å². The second-order valence-electron chi connectivity index (χ2n) is 6.30. The third-order valence-corrected chi connectivity index (χ3v) is 4.19. The van der Waals surface area contributed by atoms with Gasteiger partial charge in [-0.25, -0.2) is 0 Å². The number of hydrogen-bond donors (Lipinski definition) is 2. The zero-order chi connectivity index (χ0) is 18.5. The number of nitrogens with zero attached hydrogens (tertiary/aromatic N) is 2. The lowest BCUT2D eigenvalue weighted by Crippen LogP contribution is -2.43. The average molecular weight is 476 g/mol. The molecule has 2 N–H and O–H groups in total. The Morgan fingerprint density at radius 2 is 1.77 bits per heavy atom. The van der Waals surface area contributed by atoms with E-state index in [0.29, 0.717) is 6.04 Å². The number of rotatable bonds is 11. The van der Waals surface area contributed by atoms with Crippen molar-refractivity contribution < 1.29 is 4.74 Å². The highest BCUT2D eigenvalue weighted by Gasteiger charge is 2.17. The summed E-state index contributed by atoms with van der Waals surface area (Å²) in [5.74, 6) is 0.845. The minimum atomic E-state index is 0. The number of hydrogen-bond acceptors (Lipinski definition) is 3. The monoisotopic (exact) mass is 476 g/mol. The fourth-order valence-corrected chi connectivity index (χ4v) is 2.81. The Morgan fingerprint density at radius 3 is 2.31 bits per heavy atom. The van der Waals surface area contributed by atoms with Crippen LogP contribution in [0, 0.1) is 0 Å². The van der Waals surface area contributed by atoms with Gasteiger partial charge in [-0.2, -0.15) is 0 Å². The first-order valence-corrected chi connectivity index (χ1v) is 9.47. The quantitative estimate of drug-likeness (QED) is 0.222. The molecule has 1 aromatic carbocycles. The molecule has 1 unspecified atom stereocenters. The van der Waals surface area contributed by atoms with Gasteiger partial charge in [-0.3, -0.25) is 9.89 Å². The molecule has 0 saturated heterocycles. The van der Waals surface area contributed by atoms with Gasteiger partial charge in [0.2, 0.25) is 0 Å². The molecule has 0 aliphatic rings. The summed E-state index contributed by atoms with van der Waals surface area (Å²) in [5.41, 5.74) is 1.33. The number of nitrogens with one attached hydrogen (secondary N) is 2. The number of halogens is 1. The molecule has 0 saturated carbocycles. The first kappa shape index (κ1) is 25.1. The van der Waals surface area contributed by atoms with Gasteiger partial charge < -0.3 is 15.4 Å². The molecule has 0 aliphatic carbocycles. The molecule has 0 spiro atoms. The summed E-state index contributed by atoms with van der Waals surface area (Å²) in [5, 5.41) is 6.84. The van der Waals surface area contributed by atoms with E-state index in [4.69, 9.17) is 4.74 Å². The molecule has 1 rings (SSSR count). The van der Waals surface area contributed by atoms with E-state index in [2.05, 4.69) is 78.6 Å². The molecule has 0 aromatic heterocycles. The van der Waals surface area contributed by atoms with Crippen molar-refractivity contribution in [1.29, 1.82) is 0 Å². The Labute approximate surface area is 177 Å². The van der Waals surface area contributed by atoms with Gasteiger partial charge >= 0.3 is 0 Å². The maximum absolute atomic E-state index is 5.57. The van der Waals surface area contributed by atoms with Gasteiger partial charge in [-0.05, 0) is 38.9 Å². The van der Waals surface area contributed by atoms with Crippen LogP contribution in [0.25, 0.3) is 0 Å². The van der Waals surface area contributed by atoms with Gasteiger partial charge in [-0.1, -0.05) is 44.2 Å².